The third kappa shape index (κ3) is 13.8. The van der Waals surface area contributed by atoms with Crippen LogP contribution in [0.15, 0.2) is 160 Å². The van der Waals surface area contributed by atoms with Gasteiger partial charge in [-0.05, 0) is 47.2 Å². The van der Waals surface area contributed by atoms with E-state index in [2.05, 4.69) is 39.6 Å². The molecule has 2 atom stereocenters. The maximum absolute atomic E-state index is 14.3. The van der Waals surface area contributed by atoms with E-state index in [0.717, 1.165) is 62.8 Å². The zero-order valence-corrected chi connectivity index (χ0v) is 49.0. The van der Waals surface area contributed by atoms with Gasteiger partial charge >= 0.3 is 18.0 Å². The van der Waals surface area contributed by atoms with Crippen molar-refractivity contribution in [2.75, 3.05) is 13.2 Å². The van der Waals surface area contributed by atoms with E-state index in [1.54, 1.807) is 89.0 Å². The topological polar surface area (TPSA) is 223 Å². The molecule has 0 aliphatic carbocycles. The molecule has 452 valence electrons. The van der Waals surface area contributed by atoms with Crippen molar-refractivity contribution in [2.45, 2.75) is 94.3 Å². The third-order valence-corrected chi connectivity index (χ3v) is 15.7. The Morgan fingerprint density at radius 1 is 0.609 bits per heavy atom. The van der Waals surface area contributed by atoms with Gasteiger partial charge in [-0.2, -0.15) is 26.3 Å². The number of benzene rings is 2. The first-order chi connectivity index (χ1) is 41.1. The summed E-state index contributed by atoms with van der Waals surface area (Å²) in [5.74, 6) is 1.33. The molecule has 87 heavy (non-hydrogen) atoms. The van der Waals surface area contributed by atoms with Crippen LogP contribution in [0.3, 0.4) is 0 Å². The molecular formula is C62H54Cl3F6N8O8+. The Hall–Kier alpha value is -8.28. The number of fused-ring (bicyclic) bond motifs is 6. The average molecular weight is 1260 g/mol. The van der Waals surface area contributed by atoms with E-state index in [9.17, 15) is 50.6 Å². The number of ether oxygens (including phenoxy) is 3. The fourth-order valence-corrected chi connectivity index (χ4v) is 10.9. The van der Waals surface area contributed by atoms with E-state index in [0.29, 0.717) is 47.1 Å². The number of H-pyrrole nitrogens is 3. The molecule has 25 heteroatoms. The van der Waals surface area contributed by atoms with Crippen molar-refractivity contribution in [1.82, 2.24) is 39.5 Å². The predicted octanol–water partition coefficient (Wildman–Crippen LogP) is 12.5. The summed E-state index contributed by atoms with van der Waals surface area (Å²) >= 11 is 17.2. The highest BCUT2D eigenvalue weighted by Crippen LogP contribution is 2.55. The number of para-hydroxylation sites is 2. The van der Waals surface area contributed by atoms with Gasteiger partial charge in [0.1, 0.15) is 26.6 Å². The summed E-state index contributed by atoms with van der Waals surface area (Å²) in [6, 6.07) is 19.2. The highest BCUT2D eigenvalue weighted by molar-refractivity contribution is 6.31. The number of aromatic amines is 3. The number of aliphatic hydroxyl groups is 1. The minimum atomic E-state index is -4.95. The van der Waals surface area contributed by atoms with Crippen molar-refractivity contribution in [3.05, 3.63) is 226 Å². The molecule has 11 heterocycles. The van der Waals surface area contributed by atoms with Crippen LogP contribution in [0.4, 0.5) is 26.3 Å². The molecule has 0 bridgehead atoms. The zero-order valence-electron chi connectivity index (χ0n) is 46.7. The molecule has 2 aromatic carbocycles. The van der Waals surface area contributed by atoms with Crippen LogP contribution in [0, 0.1) is 6.61 Å². The Kier molecular flexibility index (Phi) is 18.3. The van der Waals surface area contributed by atoms with Crippen LogP contribution in [0.25, 0.3) is 43.6 Å². The van der Waals surface area contributed by atoms with Gasteiger partial charge in [0.2, 0.25) is 16.3 Å². The Balaban J connectivity index is 0.000000140. The van der Waals surface area contributed by atoms with Gasteiger partial charge in [-0.1, -0.05) is 98.9 Å². The number of nitrogens with zero attached hydrogens (tertiary/aromatic N) is 5. The number of hydrogen-bond donors (Lipinski definition) is 4. The predicted molar refractivity (Wildman–Crippen MR) is 320 cm³/mol. The van der Waals surface area contributed by atoms with Crippen molar-refractivity contribution in [2.24, 2.45) is 0 Å². The van der Waals surface area contributed by atoms with Gasteiger partial charge in [-0.25, -0.2) is 0 Å². The average Bonchev–Trinajstić information content (AvgIpc) is 1.87. The number of epoxide rings is 1. The Labute approximate surface area is 506 Å². The smallest absolute Gasteiger partial charge is 0.469 e. The number of pyridine rings is 8. The summed E-state index contributed by atoms with van der Waals surface area (Å²) < 4.78 is 99.1. The van der Waals surface area contributed by atoms with E-state index in [-0.39, 0.29) is 48.7 Å². The molecule has 0 saturated carbocycles. The summed E-state index contributed by atoms with van der Waals surface area (Å²) in [5.41, 5.74) is -1.87. The molecule has 8 aromatic heterocycles. The molecule has 0 spiro atoms. The van der Waals surface area contributed by atoms with Gasteiger partial charge in [0.25, 0.3) is 6.61 Å². The highest BCUT2D eigenvalue weighted by Gasteiger charge is 2.80. The molecule has 1 fully saturated rings. The van der Waals surface area contributed by atoms with Crippen molar-refractivity contribution in [3.63, 3.8) is 0 Å². The summed E-state index contributed by atoms with van der Waals surface area (Å²) in [4.78, 5) is 70.2. The van der Waals surface area contributed by atoms with Crippen LogP contribution >= 0.6 is 34.8 Å². The van der Waals surface area contributed by atoms with Crippen LogP contribution < -0.4 is 31.2 Å². The largest absolute Gasteiger partial charge is 0.493 e. The summed E-state index contributed by atoms with van der Waals surface area (Å²) in [6.45, 7) is 8.02. The lowest BCUT2D eigenvalue weighted by atomic mass is 9.74. The number of alkyl halides is 6. The second kappa shape index (κ2) is 25.2. The van der Waals surface area contributed by atoms with E-state index >= 15 is 0 Å². The lowest BCUT2D eigenvalue weighted by Crippen LogP contribution is -2.52. The molecular weight excluding hydrogens is 1210 g/mol. The minimum absolute atomic E-state index is 0.00634. The number of hydrogen-bond acceptors (Lipinski definition) is 12. The lowest BCUT2D eigenvalue weighted by Gasteiger charge is -2.39. The van der Waals surface area contributed by atoms with Crippen molar-refractivity contribution >= 4 is 78.4 Å². The summed E-state index contributed by atoms with van der Waals surface area (Å²) in [7, 11) is 0. The molecule has 10 aromatic rings. The SMILES string of the molecule is CC(C)(CC(O)(Cn1cc(Cl)c(=O)c2cnccc21)C(F)(F)F)c1cccc2c1OCC2.CC(C)(CC1(C(F)(F)F)[CH+]O1)c1cccc2c1OCC2.O=c1c(Cl)c[nH]c2ccncc12.O=c1c(Cl)c[nH]c2ccncc12.O=c1cc[nH]c2ccncc12. The van der Waals surface area contributed by atoms with Crippen molar-refractivity contribution in [1.29, 1.82) is 0 Å². The van der Waals surface area contributed by atoms with Crippen LogP contribution in [0.2, 0.25) is 15.1 Å². The molecule has 3 aliphatic heterocycles. The summed E-state index contributed by atoms with van der Waals surface area (Å²) in [5, 5.41) is 12.9. The first-order valence-electron chi connectivity index (χ1n) is 26.8. The molecule has 1 saturated heterocycles. The number of rotatable bonds is 8. The van der Waals surface area contributed by atoms with E-state index in [1.807, 2.05) is 24.3 Å². The van der Waals surface area contributed by atoms with Gasteiger partial charge in [-0.15, -0.1) is 4.74 Å². The first-order valence-corrected chi connectivity index (χ1v) is 27.9. The van der Waals surface area contributed by atoms with Crippen LogP contribution in [0.5, 0.6) is 11.5 Å². The maximum Gasteiger partial charge on any atom is 0.469 e. The van der Waals surface area contributed by atoms with Crippen LogP contribution in [0.1, 0.15) is 62.8 Å². The molecule has 2 unspecified atom stereocenters. The summed E-state index contributed by atoms with van der Waals surface area (Å²) in [6.07, 6.45) is 9.21. The number of nitrogens with one attached hydrogen (secondary N) is 3. The molecule has 3 aliphatic rings. The molecule has 4 N–H and O–H groups in total. The number of halogens is 9. The van der Waals surface area contributed by atoms with Gasteiger partial charge in [0.05, 0.1) is 63.4 Å². The van der Waals surface area contributed by atoms with E-state index in [1.165, 1.54) is 49.3 Å². The third-order valence-electron chi connectivity index (χ3n) is 14.8. The Morgan fingerprint density at radius 3 is 1.55 bits per heavy atom. The van der Waals surface area contributed by atoms with Crippen molar-refractivity contribution in [3.8, 4) is 11.5 Å². The second-order valence-electron chi connectivity index (χ2n) is 21.9. The monoisotopic (exact) mass is 1260 g/mol. The van der Waals surface area contributed by atoms with Gasteiger partial charge in [0.15, 0.2) is 11.0 Å². The van der Waals surface area contributed by atoms with Gasteiger partial charge in [-0.3, -0.25) is 39.1 Å². The molecule has 16 nitrogen and oxygen atoms in total. The zero-order chi connectivity index (χ0) is 62.7. The van der Waals surface area contributed by atoms with Gasteiger partial charge in [0, 0.05) is 116 Å². The lowest BCUT2D eigenvalue weighted by molar-refractivity contribution is -0.271. The van der Waals surface area contributed by atoms with Crippen molar-refractivity contribution < 1.29 is 45.7 Å². The van der Waals surface area contributed by atoms with Crippen LogP contribution in [-0.2, 0) is 35.0 Å². The standard InChI is InChI=1S/C23H22ClF3N2O3.C15H16F3O2.2C8H5ClN2O.C8H6N2O/c1-21(2,16-5-3-4-14-7-9-32-20(14)16)12-22(31,23(25,26)27)13-29-11-17(24)19(30)15-10-28-8-6-18(15)29;1-13(2,8-14(9-20-14)15(16,17)18)11-5-3-4-10-6-7-19-12(10)11;2*9-6-4-11-7-1-2-10-3-5(7)8(6)12;11-8-2-4-10-7-1-3-9-5-6(7)8/h3-6,8,10-11,31H,7,9,12-13H2,1-2H3;3-5,9H,6-8H2,1-2H3;2*1-4H,(H,11,12);1-5H,(H,10,11)/q;+1;;;. The second-order valence-corrected chi connectivity index (χ2v) is 23.1. The van der Waals surface area contributed by atoms with Crippen LogP contribution in [-0.4, -0.2) is 81.3 Å². The number of aromatic nitrogens is 8. The highest BCUT2D eigenvalue weighted by atomic mass is 35.5. The fraction of sp³-hybridized carbons (Fsp3) is 0.274. The Morgan fingerprint density at radius 2 is 1.07 bits per heavy atom. The first kappa shape index (κ1) is 63.2. The van der Waals surface area contributed by atoms with E-state index in [4.69, 9.17) is 44.3 Å². The Bertz CT molecular complexity index is 4320. The normalized spacial score (nSPS) is 15.7. The minimum Gasteiger partial charge on any atom is -0.493 e. The quantitative estimate of drug-likeness (QED) is 0.0634. The maximum atomic E-state index is 14.3. The van der Waals surface area contributed by atoms with E-state index < -0.39 is 52.8 Å². The molecule has 0 amide bonds. The molecule has 13 rings (SSSR count). The fourth-order valence-electron chi connectivity index (χ4n) is 10.4. The molecule has 0 radical (unpaired) electrons. The van der Waals surface area contributed by atoms with Gasteiger partial charge < -0.3 is 34.1 Å².